The zero-order valence-electron chi connectivity index (χ0n) is 16.9. The monoisotopic (exact) mass is 450 g/mol. The third kappa shape index (κ3) is 3.90. The molecule has 0 unspecified atom stereocenters. The van der Waals surface area contributed by atoms with Crippen molar-refractivity contribution in [3.63, 3.8) is 0 Å². The first kappa shape index (κ1) is 19.2. The highest BCUT2D eigenvalue weighted by atomic mass is 32.2. The third-order valence-electron chi connectivity index (χ3n) is 5.09. The summed E-state index contributed by atoms with van der Waals surface area (Å²) in [6.07, 6.45) is 4.16. The number of benzene rings is 2. The fourth-order valence-electron chi connectivity index (χ4n) is 3.62. The summed E-state index contributed by atoms with van der Waals surface area (Å²) >= 11 is 3.45. The highest BCUT2D eigenvalue weighted by Crippen LogP contribution is 2.42. The summed E-state index contributed by atoms with van der Waals surface area (Å²) in [5.74, 6) is 0. The molecule has 0 fully saturated rings. The lowest BCUT2D eigenvalue weighted by Crippen LogP contribution is -1.94. The van der Waals surface area contributed by atoms with Crippen LogP contribution in [0.15, 0.2) is 105 Å². The van der Waals surface area contributed by atoms with Crippen molar-refractivity contribution in [2.24, 2.45) is 0 Å². The number of anilines is 2. The molecule has 0 saturated carbocycles. The van der Waals surface area contributed by atoms with Crippen molar-refractivity contribution < 1.29 is 0 Å². The van der Waals surface area contributed by atoms with Gasteiger partial charge < -0.3 is 10.6 Å². The third-order valence-corrected chi connectivity index (χ3v) is 7.12. The predicted octanol–water partition coefficient (Wildman–Crippen LogP) is 7.18. The fourth-order valence-corrected chi connectivity index (χ4v) is 5.53. The van der Waals surface area contributed by atoms with Gasteiger partial charge in [-0.15, -0.1) is 0 Å². The highest BCUT2D eigenvalue weighted by Gasteiger charge is 2.16. The van der Waals surface area contributed by atoms with Gasteiger partial charge in [0, 0.05) is 9.79 Å². The Hall–Kier alpha value is -3.48. The van der Waals surface area contributed by atoms with E-state index in [9.17, 15) is 0 Å². The number of aromatic nitrogens is 2. The minimum absolute atomic E-state index is 0.857. The Kier molecular flexibility index (Phi) is 4.94. The van der Waals surface area contributed by atoms with Crippen LogP contribution in [-0.4, -0.2) is 9.97 Å². The standard InChI is InChI=1S/C26H18N4S2/c1-3-13-23-21(9-1)29-25(31-23)15-17-7-5-11-19(27-17)20-12-6-8-18(28-20)16-26-30-22-10-2-4-14-24(22)32-26/h1-16,29-30H. The fraction of sp³-hybridized carbons (Fsp3) is 0. The number of hydrogen-bond donors (Lipinski definition) is 2. The summed E-state index contributed by atoms with van der Waals surface area (Å²) in [6.45, 7) is 0. The molecule has 2 aliphatic heterocycles. The van der Waals surface area contributed by atoms with Crippen LogP contribution in [0.25, 0.3) is 23.5 Å². The molecule has 2 aromatic heterocycles. The molecule has 4 aromatic rings. The summed E-state index contributed by atoms with van der Waals surface area (Å²) in [4.78, 5) is 12.2. The lowest BCUT2D eigenvalue weighted by Gasteiger charge is -2.05. The molecule has 0 saturated heterocycles. The molecule has 2 N–H and O–H groups in total. The molecule has 6 heteroatoms. The molecule has 0 aliphatic carbocycles. The first-order chi connectivity index (χ1) is 15.8. The van der Waals surface area contributed by atoms with Gasteiger partial charge >= 0.3 is 0 Å². The molecule has 0 radical (unpaired) electrons. The maximum atomic E-state index is 4.84. The van der Waals surface area contributed by atoms with Gasteiger partial charge in [0.05, 0.1) is 44.2 Å². The van der Waals surface area contributed by atoms with Crippen LogP contribution in [0.3, 0.4) is 0 Å². The number of rotatable bonds is 3. The van der Waals surface area contributed by atoms with Gasteiger partial charge in [0.1, 0.15) is 0 Å². The van der Waals surface area contributed by atoms with Crippen molar-refractivity contribution in [3.8, 4) is 11.4 Å². The highest BCUT2D eigenvalue weighted by molar-refractivity contribution is 8.04. The maximum Gasteiger partial charge on any atom is 0.0893 e. The van der Waals surface area contributed by atoms with Gasteiger partial charge in [0.15, 0.2) is 0 Å². The minimum atomic E-state index is 0.857. The van der Waals surface area contributed by atoms with Crippen LogP contribution in [0.1, 0.15) is 11.4 Å². The zero-order chi connectivity index (χ0) is 21.3. The average Bonchev–Trinajstić information content (AvgIpc) is 3.42. The summed E-state index contributed by atoms with van der Waals surface area (Å²) < 4.78 is 0. The van der Waals surface area contributed by atoms with Crippen LogP contribution in [0.2, 0.25) is 0 Å². The van der Waals surface area contributed by atoms with E-state index >= 15 is 0 Å². The Labute approximate surface area is 194 Å². The Morgan fingerprint density at radius 2 is 1.00 bits per heavy atom. The molecule has 0 atom stereocenters. The number of fused-ring (bicyclic) bond motifs is 2. The van der Waals surface area contributed by atoms with Crippen LogP contribution in [0.4, 0.5) is 11.4 Å². The van der Waals surface area contributed by atoms with Gasteiger partial charge in [-0.2, -0.15) is 0 Å². The van der Waals surface area contributed by atoms with Gasteiger partial charge in [0.25, 0.3) is 0 Å². The summed E-state index contributed by atoms with van der Waals surface area (Å²) in [6, 6.07) is 28.7. The smallest absolute Gasteiger partial charge is 0.0893 e. The number of nitrogens with zero attached hydrogens (tertiary/aromatic N) is 2. The summed E-state index contributed by atoms with van der Waals surface area (Å²) in [7, 11) is 0. The SMILES string of the molecule is C(=C1Nc2ccccc2S1)c1cccc(-c2cccc(C=C3Nc4ccccc4S3)n2)n1. The van der Waals surface area contributed by atoms with Crippen LogP contribution in [-0.2, 0) is 0 Å². The molecule has 32 heavy (non-hydrogen) atoms. The molecular weight excluding hydrogens is 432 g/mol. The Morgan fingerprint density at radius 1 is 0.531 bits per heavy atom. The van der Waals surface area contributed by atoms with E-state index in [-0.39, 0.29) is 0 Å². The van der Waals surface area contributed by atoms with E-state index in [1.807, 2.05) is 48.5 Å². The van der Waals surface area contributed by atoms with E-state index in [4.69, 9.17) is 9.97 Å². The first-order valence-electron chi connectivity index (χ1n) is 10.3. The molecule has 4 nitrogen and oxygen atoms in total. The Balaban J connectivity index is 1.25. The molecule has 0 amide bonds. The lowest BCUT2D eigenvalue weighted by atomic mass is 10.2. The molecule has 0 spiro atoms. The normalized spacial score (nSPS) is 16.5. The number of hydrogen-bond acceptors (Lipinski definition) is 6. The van der Waals surface area contributed by atoms with Crippen molar-refractivity contribution >= 4 is 47.1 Å². The zero-order valence-corrected chi connectivity index (χ0v) is 18.6. The number of nitrogens with one attached hydrogen (secondary N) is 2. The lowest BCUT2D eigenvalue weighted by molar-refractivity contribution is 1.22. The first-order valence-corrected chi connectivity index (χ1v) is 11.9. The van der Waals surface area contributed by atoms with Gasteiger partial charge in [0.2, 0.25) is 0 Å². The molecular formula is C26H18N4S2. The van der Waals surface area contributed by atoms with Crippen molar-refractivity contribution in [2.45, 2.75) is 9.79 Å². The van der Waals surface area contributed by atoms with Crippen molar-refractivity contribution in [1.29, 1.82) is 0 Å². The second-order valence-electron chi connectivity index (χ2n) is 7.36. The van der Waals surface area contributed by atoms with Gasteiger partial charge in [-0.1, -0.05) is 59.9 Å². The van der Waals surface area contributed by atoms with Crippen LogP contribution in [0, 0.1) is 0 Å². The van der Waals surface area contributed by atoms with Crippen LogP contribution >= 0.6 is 23.5 Å². The van der Waals surface area contributed by atoms with Gasteiger partial charge in [-0.05, 0) is 60.7 Å². The van der Waals surface area contributed by atoms with E-state index < -0.39 is 0 Å². The van der Waals surface area contributed by atoms with Crippen LogP contribution in [0.5, 0.6) is 0 Å². The van der Waals surface area contributed by atoms with Gasteiger partial charge in [-0.25, -0.2) is 9.97 Å². The van der Waals surface area contributed by atoms with Crippen molar-refractivity contribution in [1.82, 2.24) is 9.97 Å². The molecule has 4 heterocycles. The second kappa shape index (κ2) is 8.22. The quantitative estimate of drug-likeness (QED) is 0.345. The Morgan fingerprint density at radius 3 is 1.47 bits per heavy atom. The maximum absolute atomic E-state index is 4.84. The summed E-state index contributed by atoms with van der Waals surface area (Å²) in [5, 5.41) is 9.05. The molecule has 2 aliphatic rings. The molecule has 154 valence electrons. The predicted molar refractivity (Wildman–Crippen MR) is 135 cm³/mol. The van der Waals surface area contributed by atoms with E-state index in [1.54, 1.807) is 23.5 Å². The van der Waals surface area contributed by atoms with E-state index in [2.05, 4.69) is 59.2 Å². The molecule has 6 rings (SSSR count). The number of thioether (sulfide) groups is 2. The number of para-hydroxylation sites is 2. The second-order valence-corrected chi connectivity index (χ2v) is 9.53. The Bertz CT molecular complexity index is 1230. The summed E-state index contributed by atoms with van der Waals surface area (Å²) in [5.41, 5.74) is 5.80. The average molecular weight is 451 g/mol. The van der Waals surface area contributed by atoms with Crippen molar-refractivity contribution in [2.75, 3.05) is 10.6 Å². The van der Waals surface area contributed by atoms with Gasteiger partial charge in [-0.3, -0.25) is 0 Å². The van der Waals surface area contributed by atoms with E-state index in [1.165, 1.54) is 9.79 Å². The van der Waals surface area contributed by atoms with Crippen molar-refractivity contribution in [3.05, 3.63) is 106 Å². The van der Waals surface area contributed by atoms with Crippen LogP contribution < -0.4 is 10.6 Å². The largest absolute Gasteiger partial charge is 0.349 e. The van der Waals surface area contributed by atoms with E-state index in [0.29, 0.717) is 0 Å². The molecule has 0 bridgehead atoms. The minimum Gasteiger partial charge on any atom is -0.349 e. The molecule has 2 aromatic carbocycles. The number of pyridine rings is 2. The topological polar surface area (TPSA) is 49.8 Å². The van der Waals surface area contributed by atoms with E-state index in [0.717, 1.165) is 44.2 Å².